The fourth-order valence-corrected chi connectivity index (χ4v) is 5.62. The molecule has 9 heteroatoms. The van der Waals surface area contributed by atoms with E-state index in [2.05, 4.69) is 6.07 Å². The van der Waals surface area contributed by atoms with E-state index in [4.69, 9.17) is 20.6 Å². The van der Waals surface area contributed by atoms with Gasteiger partial charge in [0.2, 0.25) is 0 Å². The van der Waals surface area contributed by atoms with Gasteiger partial charge in [0.05, 0.1) is 12.8 Å². The first-order valence-electron chi connectivity index (χ1n) is 14.3. The molecule has 9 nitrogen and oxygen atoms in total. The Morgan fingerprint density at radius 1 is 0.867 bits per heavy atom. The van der Waals surface area contributed by atoms with Gasteiger partial charge in [0.1, 0.15) is 40.6 Å². The first-order valence-corrected chi connectivity index (χ1v) is 14.3. The number of hydrazine groups is 1. The Labute approximate surface area is 260 Å². The fourth-order valence-electron chi connectivity index (χ4n) is 5.62. The van der Waals surface area contributed by atoms with Gasteiger partial charge >= 0.3 is 0 Å². The van der Waals surface area contributed by atoms with Crippen molar-refractivity contribution < 1.29 is 9.53 Å². The van der Waals surface area contributed by atoms with Crippen molar-refractivity contribution in [3.8, 4) is 28.8 Å². The maximum absolute atomic E-state index is 14.3. The molecule has 4 aromatic carbocycles. The fraction of sp³-hybridized carbons (Fsp3) is 0.0556. The van der Waals surface area contributed by atoms with Gasteiger partial charge in [-0.2, -0.15) is 15.4 Å². The molecule has 2 N–H and O–H groups in total. The molecule has 1 aromatic heterocycles. The number of para-hydroxylation sites is 1. The monoisotopic (exact) mass is 589 g/mol. The molecular formula is C36H27N7O2. The van der Waals surface area contributed by atoms with Crippen molar-refractivity contribution in [2.24, 2.45) is 10.7 Å². The van der Waals surface area contributed by atoms with Crippen LogP contribution in [0.25, 0.3) is 23.0 Å². The zero-order chi connectivity index (χ0) is 30.9. The van der Waals surface area contributed by atoms with Crippen LogP contribution >= 0.6 is 0 Å². The molecule has 1 unspecified atom stereocenters. The minimum absolute atomic E-state index is 0.0563. The average molecular weight is 590 g/mol. The van der Waals surface area contributed by atoms with E-state index in [0.717, 1.165) is 22.4 Å². The number of nitrogens with two attached hydrogens (primary N) is 1. The van der Waals surface area contributed by atoms with E-state index in [0.29, 0.717) is 22.8 Å². The van der Waals surface area contributed by atoms with Crippen LogP contribution in [0.2, 0.25) is 0 Å². The van der Waals surface area contributed by atoms with Crippen molar-refractivity contribution in [1.29, 1.82) is 5.26 Å². The highest BCUT2D eigenvalue weighted by atomic mass is 16.5. The SMILES string of the molecule is COc1ccc(C2C(C#N)=C(N)N3C(=O)/C(=C/c4cn(-c5ccccc5)nc4-c4ccccc4)N=C(c4ccccc4)N23)cc1. The van der Waals surface area contributed by atoms with E-state index in [1.165, 1.54) is 5.01 Å². The number of fused-ring (bicyclic) bond motifs is 1. The van der Waals surface area contributed by atoms with E-state index in [1.807, 2.05) is 121 Å². The van der Waals surface area contributed by atoms with E-state index in [-0.39, 0.29) is 17.1 Å². The molecule has 0 fully saturated rings. The lowest BCUT2D eigenvalue weighted by molar-refractivity contribution is -0.135. The summed E-state index contributed by atoms with van der Waals surface area (Å²) in [6.07, 6.45) is 3.61. The van der Waals surface area contributed by atoms with Crippen LogP contribution in [0.1, 0.15) is 22.7 Å². The summed E-state index contributed by atoms with van der Waals surface area (Å²) in [5.41, 5.74) is 11.7. The minimum atomic E-state index is -0.675. The van der Waals surface area contributed by atoms with Crippen LogP contribution < -0.4 is 10.5 Å². The standard InChI is InChI=1S/C36H27N7O2/c1-45-29-19-17-25(18-20-29)33-30(22-37)34(38)43-36(44)31(39-35(42(33)43)26-13-7-3-8-14-26)21-27-23-41(28-15-9-4-10-16-28)40-32(27)24-11-5-2-6-12-24/h2-21,23,33H,38H2,1H3/b31-21-. The van der Waals surface area contributed by atoms with Gasteiger partial charge in [-0.05, 0) is 35.9 Å². The van der Waals surface area contributed by atoms with Crippen LogP contribution in [-0.4, -0.2) is 38.7 Å². The number of nitrogens with zero attached hydrogens (tertiary/aromatic N) is 6. The number of nitriles is 1. The zero-order valence-corrected chi connectivity index (χ0v) is 24.3. The molecule has 5 aromatic rings. The summed E-state index contributed by atoms with van der Waals surface area (Å²) in [6, 6.07) is 38.0. The summed E-state index contributed by atoms with van der Waals surface area (Å²) < 4.78 is 7.13. The minimum Gasteiger partial charge on any atom is -0.497 e. The number of carbonyl (C=O) groups excluding carboxylic acids is 1. The Morgan fingerprint density at radius 3 is 2.11 bits per heavy atom. The lowest BCUT2D eigenvalue weighted by Crippen LogP contribution is -2.51. The summed E-state index contributed by atoms with van der Waals surface area (Å²) in [6.45, 7) is 0. The van der Waals surface area contributed by atoms with E-state index >= 15 is 0 Å². The number of methoxy groups -OCH3 is 1. The third-order valence-electron chi connectivity index (χ3n) is 7.78. The molecule has 0 spiro atoms. The number of aromatic nitrogens is 2. The molecule has 0 saturated carbocycles. The normalized spacial score (nSPS) is 16.9. The van der Waals surface area contributed by atoms with Crippen molar-refractivity contribution in [2.75, 3.05) is 7.11 Å². The van der Waals surface area contributed by atoms with Crippen molar-refractivity contribution in [3.63, 3.8) is 0 Å². The van der Waals surface area contributed by atoms with Gasteiger partial charge in [0.25, 0.3) is 5.91 Å². The highest BCUT2D eigenvalue weighted by Gasteiger charge is 2.47. The van der Waals surface area contributed by atoms with Crippen molar-refractivity contribution in [1.82, 2.24) is 19.8 Å². The second kappa shape index (κ2) is 11.4. The largest absolute Gasteiger partial charge is 0.497 e. The summed E-state index contributed by atoms with van der Waals surface area (Å²) >= 11 is 0. The number of amides is 1. The summed E-state index contributed by atoms with van der Waals surface area (Å²) in [4.78, 5) is 19.3. The molecule has 7 rings (SSSR count). The quantitative estimate of drug-likeness (QED) is 0.249. The number of amidine groups is 1. The lowest BCUT2D eigenvalue weighted by Gasteiger charge is -2.38. The molecule has 2 aliphatic rings. The Bertz CT molecular complexity index is 2020. The Morgan fingerprint density at radius 2 is 1.49 bits per heavy atom. The number of rotatable bonds is 6. The summed E-state index contributed by atoms with van der Waals surface area (Å²) in [7, 11) is 1.59. The van der Waals surface area contributed by atoms with Crippen LogP contribution in [0.15, 0.2) is 144 Å². The molecule has 3 heterocycles. The first kappa shape index (κ1) is 27.4. The third-order valence-corrected chi connectivity index (χ3v) is 7.78. The second-order valence-electron chi connectivity index (χ2n) is 10.5. The molecule has 0 aliphatic carbocycles. The number of aliphatic imine (C=N–C) groups is 1. The first-order chi connectivity index (χ1) is 22.1. The van der Waals surface area contributed by atoms with Gasteiger partial charge in [-0.3, -0.25) is 4.79 Å². The molecular weight excluding hydrogens is 562 g/mol. The average Bonchev–Trinajstić information content (AvgIpc) is 3.66. The van der Waals surface area contributed by atoms with E-state index in [9.17, 15) is 10.1 Å². The Hall–Kier alpha value is -6.40. The predicted octanol–water partition coefficient (Wildman–Crippen LogP) is 5.84. The second-order valence-corrected chi connectivity index (χ2v) is 10.5. The van der Waals surface area contributed by atoms with Crippen LogP contribution in [0.4, 0.5) is 0 Å². The van der Waals surface area contributed by atoms with Gasteiger partial charge < -0.3 is 10.5 Å². The van der Waals surface area contributed by atoms with Gasteiger partial charge in [-0.1, -0.05) is 91.0 Å². The van der Waals surface area contributed by atoms with Crippen LogP contribution in [-0.2, 0) is 4.79 Å². The van der Waals surface area contributed by atoms with Crippen LogP contribution in [0, 0.1) is 11.3 Å². The smallest absolute Gasteiger partial charge is 0.297 e. The van der Waals surface area contributed by atoms with Crippen molar-refractivity contribution in [3.05, 3.63) is 155 Å². The van der Waals surface area contributed by atoms with Crippen molar-refractivity contribution in [2.45, 2.75) is 6.04 Å². The maximum atomic E-state index is 14.3. The molecule has 0 bridgehead atoms. The lowest BCUT2D eigenvalue weighted by atomic mass is 9.99. The maximum Gasteiger partial charge on any atom is 0.297 e. The summed E-state index contributed by atoms with van der Waals surface area (Å²) in [5, 5.41) is 18.2. The van der Waals surface area contributed by atoms with Crippen LogP contribution in [0.5, 0.6) is 5.75 Å². The van der Waals surface area contributed by atoms with Crippen molar-refractivity contribution >= 4 is 17.8 Å². The highest BCUT2D eigenvalue weighted by Crippen LogP contribution is 2.43. The third kappa shape index (κ3) is 4.80. The Kier molecular flexibility index (Phi) is 6.92. The predicted molar refractivity (Wildman–Crippen MR) is 171 cm³/mol. The van der Waals surface area contributed by atoms with Gasteiger partial charge in [-0.25, -0.2) is 14.7 Å². The highest BCUT2D eigenvalue weighted by molar-refractivity contribution is 6.11. The van der Waals surface area contributed by atoms with E-state index in [1.54, 1.807) is 22.9 Å². The molecule has 218 valence electrons. The number of hydrogen-bond acceptors (Lipinski definition) is 7. The van der Waals surface area contributed by atoms with Gasteiger partial charge in [0, 0.05) is 22.9 Å². The number of ether oxygens (including phenoxy) is 1. The molecule has 2 aliphatic heterocycles. The molecule has 0 radical (unpaired) electrons. The number of benzene rings is 4. The summed E-state index contributed by atoms with van der Waals surface area (Å²) in [5.74, 6) is 0.752. The molecule has 1 amide bonds. The topological polar surface area (TPSA) is 113 Å². The molecule has 1 atom stereocenters. The Balaban J connectivity index is 1.42. The molecule has 45 heavy (non-hydrogen) atoms. The number of carbonyl (C=O) groups is 1. The van der Waals surface area contributed by atoms with E-state index < -0.39 is 11.9 Å². The zero-order valence-electron chi connectivity index (χ0n) is 24.3. The number of hydrogen-bond donors (Lipinski definition) is 1. The van der Waals surface area contributed by atoms with Gasteiger partial charge in [0.15, 0.2) is 5.84 Å². The van der Waals surface area contributed by atoms with Crippen LogP contribution in [0.3, 0.4) is 0 Å². The van der Waals surface area contributed by atoms with Gasteiger partial charge in [-0.15, -0.1) is 0 Å². The molecule has 0 saturated heterocycles.